The zero-order valence-electron chi connectivity index (χ0n) is 14.8. The van der Waals surface area contributed by atoms with Crippen molar-refractivity contribution >= 4 is 11.9 Å². The van der Waals surface area contributed by atoms with Gasteiger partial charge in [0.05, 0.1) is 11.3 Å². The summed E-state index contributed by atoms with van der Waals surface area (Å²) >= 11 is 0. The number of carbonyl (C=O) groups is 1. The van der Waals surface area contributed by atoms with Gasteiger partial charge in [0.25, 0.3) is 5.91 Å². The maximum atomic E-state index is 12.8. The Labute approximate surface area is 154 Å². The minimum Gasteiger partial charge on any atom is -0.364 e. The van der Waals surface area contributed by atoms with Gasteiger partial charge in [0.1, 0.15) is 5.69 Å². The van der Waals surface area contributed by atoms with Crippen LogP contribution in [0.15, 0.2) is 30.3 Å². The Morgan fingerprint density at radius 2 is 1.74 bits per heavy atom. The zero-order valence-corrected chi connectivity index (χ0v) is 14.8. The summed E-state index contributed by atoms with van der Waals surface area (Å²) in [4.78, 5) is 24.6. The van der Waals surface area contributed by atoms with Crippen LogP contribution in [-0.4, -0.2) is 53.5 Å². The SMILES string of the molecule is CCN1CCN(c2nc(C(N)=O)cc(-c3ccc(C(F)(F)F)cc3)n2)CC1. The number of rotatable bonds is 4. The second-order valence-electron chi connectivity index (χ2n) is 6.30. The zero-order chi connectivity index (χ0) is 19.6. The van der Waals surface area contributed by atoms with Crippen molar-refractivity contribution in [2.75, 3.05) is 37.6 Å². The highest BCUT2D eigenvalue weighted by Crippen LogP contribution is 2.31. The number of carbonyl (C=O) groups excluding carboxylic acids is 1. The average molecular weight is 379 g/mol. The lowest BCUT2D eigenvalue weighted by Crippen LogP contribution is -2.46. The number of hydrogen-bond acceptors (Lipinski definition) is 5. The highest BCUT2D eigenvalue weighted by molar-refractivity contribution is 5.92. The van der Waals surface area contributed by atoms with Crippen molar-refractivity contribution in [3.63, 3.8) is 0 Å². The number of amides is 1. The Morgan fingerprint density at radius 3 is 2.26 bits per heavy atom. The van der Waals surface area contributed by atoms with Gasteiger partial charge in [-0.1, -0.05) is 19.1 Å². The number of hydrogen-bond donors (Lipinski definition) is 1. The minimum absolute atomic E-state index is 0.0350. The normalized spacial score (nSPS) is 15.8. The molecule has 1 aromatic heterocycles. The van der Waals surface area contributed by atoms with Crippen LogP contribution in [0.2, 0.25) is 0 Å². The van der Waals surface area contributed by atoms with Crippen LogP contribution in [0.25, 0.3) is 11.3 Å². The highest BCUT2D eigenvalue weighted by atomic mass is 19.4. The van der Waals surface area contributed by atoms with Crippen LogP contribution >= 0.6 is 0 Å². The third-order valence-corrected chi connectivity index (χ3v) is 4.58. The smallest absolute Gasteiger partial charge is 0.364 e. The van der Waals surface area contributed by atoms with Crippen molar-refractivity contribution < 1.29 is 18.0 Å². The Hall–Kier alpha value is -2.68. The van der Waals surface area contributed by atoms with Gasteiger partial charge in [-0.2, -0.15) is 13.2 Å². The molecule has 27 heavy (non-hydrogen) atoms. The molecule has 0 spiro atoms. The Bertz CT molecular complexity index is 815. The fraction of sp³-hybridized carbons (Fsp3) is 0.389. The van der Waals surface area contributed by atoms with E-state index in [1.165, 1.54) is 18.2 Å². The molecular weight excluding hydrogens is 359 g/mol. The summed E-state index contributed by atoms with van der Waals surface area (Å²) in [5, 5.41) is 0. The second kappa shape index (κ2) is 7.51. The number of halogens is 3. The minimum atomic E-state index is -4.41. The Balaban J connectivity index is 1.93. The number of aromatic nitrogens is 2. The monoisotopic (exact) mass is 379 g/mol. The summed E-state index contributed by atoms with van der Waals surface area (Å²) in [6, 6.07) is 6.03. The van der Waals surface area contributed by atoms with Crippen LogP contribution in [0.4, 0.5) is 19.1 Å². The van der Waals surface area contributed by atoms with E-state index in [9.17, 15) is 18.0 Å². The number of likely N-dealkylation sites (N-methyl/N-ethyl adjacent to an activating group) is 1. The Morgan fingerprint density at radius 1 is 1.11 bits per heavy atom. The molecule has 2 N–H and O–H groups in total. The van der Waals surface area contributed by atoms with Crippen LogP contribution in [0.5, 0.6) is 0 Å². The van der Waals surface area contributed by atoms with Crippen molar-refractivity contribution in [2.24, 2.45) is 5.73 Å². The van der Waals surface area contributed by atoms with E-state index in [1.54, 1.807) is 0 Å². The lowest BCUT2D eigenvalue weighted by atomic mass is 10.1. The molecular formula is C18H20F3N5O. The van der Waals surface area contributed by atoms with Gasteiger partial charge < -0.3 is 15.5 Å². The second-order valence-corrected chi connectivity index (χ2v) is 6.30. The summed E-state index contributed by atoms with van der Waals surface area (Å²) < 4.78 is 38.3. The molecule has 144 valence electrons. The quantitative estimate of drug-likeness (QED) is 0.883. The topological polar surface area (TPSA) is 75.3 Å². The van der Waals surface area contributed by atoms with E-state index < -0.39 is 17.6 Å². The van der Waals surface area contributed by atoms with Crippen molar-refractivity contribution in [3.05, 3.63) is 41.6 Å². The maximum absolute atomic E-state index is 12.8. The van der Waals surface area contributed by atoms with Crippen LogP contribution in [0.1, 0.15) is 23.0 Å². The van der Waals surface area contributed by atoms with Crippen molar-refractivity contribution in [3.8, 4) is 11.3 Å². The molecule has 0 unspecified atom stereocenters. The van der Waals surface area contributed by atoms with Gasteiger partial charge in [-0.05, 0) is 24.7 Å². The summed E-state index contributed by atoms with van der Waals surface area (Å²) in [5.41, 5.74) is 5.49. The number of primary amides is 1. The van der Waals surface area contributed by atoms with E-state index in [0.29, 0.717) is 30.3 Å². The van der Waals surface area contributed by atoms with E-state index >= 15 is 0 Å². The van der Waals surface area contributed by atoms with E-state index in [4.69, 9.17) is 5.73 Å². The Kier molecular flexibility index (Phi) is 5.31. The third kappa shape index (κ3) is 4.36. The molecule has 0 radical (unpaired) electrons. The molecule has 1 aliphatic heterocycles. The highest BCUT2D eigenvalue weighted by Gasteiger charge is 2.30. The number of alkyl halides is 3. The number of nitrogens with zero attached hydrogens (tertiary/aromatic N) is 4. The van der Waals surface area contributed by atoms with Gasteiger partial charge in [-0.15, -0.1) is 0 Å². The molecule has 1 amide bonds. The molecule has 2 heterocycles. The van der Waals surface area contributed by atoms with Crippen LogP contribution < -0.4 is 10.6 Å². The first-order valence-corrected chi connectivity index (χ1v) is 8.61. The molecule has 0 bridgehead atoms. The van der Waals surface area contributed by atoms with Crippen LogP contribution in [-0.2, 0) is 6.18 Å². The van der Waals surface area contributed by atoms with Gasteiger partial charge in [0.15, 0.2) is 0 Å². The van der Waals surface area contributed by atoms with E-state index in [1.807, 2.05) is 4.90 Å². The first kappa shape index (κ1) is 19.1. The van der Waals surface area contributed by atoms with Crippen LogP contribution in [0, 0.1) is 0 Å². The molecule has 1 aliphatic rings. The number of nitrogens with two attached hydrogens (primary N) is 1. The van der Waals surface area contributed by atoms with Gasteiger partial charge >= 0.3 is 6.18 Å². The maximum Gasteiger partial charge on any atom is 0.416 e. The number of benzene rings is 1. The van der Waals surface area contributed by atoms with Crippen molar-refractivity contribution in [1.82, 2.24) is 14.9 Å². The van der Waals surface area contributed by atoms with Gasteiger partial charge in [-0.3, -0.25) is 4.79 Å². The lowest BCUT2D eigenvalue weighted by Gasteiger charge is -2.34. The molecule has 0 aliphatic carbocycles. The van der Waals surface area contributed by atoms with E-state index in [-0.39, 0.29) is 5.69 Å². The molecule has 1 fully saturated rings. The largest absolute Gasteiger partial charge is 0.416 e. The average Bonchev–Trinajstić information content (AvgIpc) is 2.67. The lowest BCUT2D eigenvalue weighted by molar-refractivity contribution is -0.137. The van der Waals surface area contributed by atoms with E-state index in [2.05, 4.69) is 21.8 Å². The summed E-state index contributed by atoms with van der Waals surface area (Å²) in [5.74, 6) is -0.351. The standard InChI is InChI=1S/C18H20F3N5O/c1-2-25-7-9-26(10-8-25)17-23-14(11-15(24-17)16(22)27)12-3-5-13(6-4-12)18(19,20)21/h3-6,11H,2,7-10H2,1H3,(H2,22,27). The molecule has 9 heteroatoms. The third-order valence-electron chi connectivity index (χ3n) is 4.58. The molecule has 1 saturated heterocycles. The van der Waals surface area contributed by atoms with E-state index in [0.717, 1.165) is 31.8 Å². The first-order chi connectivity index (χ1) is 12.8. The molecule has 0 saturated carbocycles. The van der Waals surface area contributed by atoms with Gasteiger partial charge in [0.2, 0.25) is 5.95 Å². The van der Waals surface area contributed by atoms with Crippen LogP contribution in [0.3, 0.4) is 0 Å². The summed E-state index contributed by atoms with van der Waals surface area (Å²) in [6.07, 6.45) is -4.41. The molecule has 2 aromatic rings. The molecule has 0 atom stereocenters. The molecule has 6 nitrogen and oxygen atoms in total. The van der Waals surface area contributed by atoms with Crippen molar-refractivity contribution in [2.45, 2.75) is 13.1 Å². The summed E-state index contributed by atoms with van der Waals surface area (Å²) in [7, 11) is 0. The predicted octanol–water partition coefficient (Wildman–Crippen LogP) is 2.40. The van der Waals surface area contributed by atoms with Gasteiger partial charge in [-0.25, -0.2) is 9.97 Å². The predicted molar refractivity (Wildman–Crippen MR) is 95.3 cm³/mol. The van der Waals surface area contributed by atoms with Crippen molar-refractivity contribution in [1.29, 1.82) is 0 Å². The fourth-order valence-electron chi connectivity index (χ4n) is 2.94. The van der Waals surface area contributed by atoms with Gasteiger partial charge in [0, 0.05) is 31.7 Å². The fourth-order valence-corrected chi connectivity index (χ4v) is 2.94. The first-order valence-electron chi connectivity index (χ1n) is 8.61. The molecule has 1 aromatic carbocycles. The summed E-state index contributed by atoms with van der Waals surface area (Å²) in [6.45, 7) is 6.12. The number of anilines is 1. The molecule has 3 rings (SSSR count). The number of piperazine rings is 1.